The van der Waals surface area contributed by atoms with Crippen LogP contribution in [0.4, 0.5) is 0 Å². The molecule has 0 radical (unpaired) electrons. The summed E-state index contributed by atoms with van der Waals surface area (Å²) in [6.07, 6.45) is 3.17. The topological polar surface area (TPSA) is 53.3 Å². The van der Waals surface area contributed by atoms with Gasteiger partial charge in [-0.05, 0) is 25.1 Å². The van der Waals surface area contributed by atoms with Crippen LogP contribution < -0.4 is 4.74 Å². The van der Waals surface area contributed by atoms with Gasteiger partial charge in [-0.2, -0.15) is 5.10 Å². The summed E-state index contributed by atoms with van der Waals surface area (Å²) in [6, 6.07) is 5.76. The van der Waals surface area contributed by atoms with Crippen molar-refractivity contribution in [3.05, 3.63) is 46.2 Å². The zero-order valence-electron chi connectivity index (χ0n) is 11.3. The Kier molecular flexibility index (Phi) is 4.79. The Balaban J connectivity index is 2.18. The fourth-order valence-corrected chi connectivity index (χ4v) is 2.22. The SMILES string of the molecule is CCOC(=O)c1cnn(Cc2cc(Br)ccc2OC)c1. The Morgan fingerprint density at radius 3 is 2.95 bits per heavy atom. The van der Waals surface area contributed by atoms with Gasteiger partial charge in [0.25, 0.3) is 0 Å². The third kappa shape index (κ3) is 3.39. The number of hydrogen-bond donors (Lipinski definition) is 0. The van der Waals surface area contributed by atoms with Gasteiger partial charge in [-0.1, -0.05) is 15.9 Å². The minimum atomic E-state index is -0.361. The minimum absolute atomic E-state index is 0.351. The van der Waals surface area contributed by atoms with Crippen LogP contribution in [0.5, 0.6) is 5.75 Å². The number of aromatic nitrogens is 2. The minimum Gasteiger partial charge on any atom is -0.496 e. The van der Waals surface area contributed by atoms with Crippen molar-refractivity contribution in [1.29, 1.82) is 0 Å². The zero-order valence-corrected chi connectivity index (χ0v) is 12.9. The number of esters is 1. The quantitative estimate of drug-likeness (QED) is 0.786. The van der Waals surface area contributed by atoms with Crippen molar-refractivity contribution in [3.63, 3.8) is 0 Å². The second kappa shape index (κ2) is 6.56. The molecule has 2 aromatic rings. The molecule has 0 aliphatic rings. The van der Waals surface area contributed by atoms with Crippen LogP contribution in [-0.2, 0) is 11.3 Å². The molecule has 20 heavy (non-hydrogen) atoms. The van der Waals surface area contributed by atoms with E-state index in [1.807, 2.05) is 18.2 Å². The number of carbonyl (C=O) groups excluding carboxylic acids is 1. The summed E-state index contributed by atoms with van der Waals surface area (Å²) in [7, 11) is 1.62. The highest BCUT2D eigenvalue weighted by Crippen LogP contribution is 2.23. The zero-order chi connectivity index (χ0) is 14.5. The molecule has 1 aromatic carbocycles. The summed E-state index contributed by atoms with van der Waals surface area (Å²) >= 11 is 3.43. The lowest BCUT2D eigenvalue weighted by Crippen LogP contribution is -2.04. The number of benzene rings is 1. The van der Waals surface area contributed by atoms with Crippen LogP contribution in [0.25, 0.3) is 0 Å². The van der Waals surface area contributed by atoms with Crippen LogP contribution in [0.2, 0.25) is 0 Å². The largest absolute Gasteiger partial charge is 0.496 e. The highest BCUT2D eigenvalue weighted by atomic mass is 79.9. The molecular formula is C14H15BrN2O3. The van der Waals surface area contributed by atoms with Crippen LogP contribution in [0.3, 0.4) is 0 Å². The molecule has 0 amide bonds. The summed E-state index contributed by atoms with van der Waals surface area (Å²) in [5.74, 6) is 0.418. The maximum Gasteiger partial charge on any atom is 0.341 e. The standard InChI is InChI=1S/C14H15BrN2O3/c1-3-20-14(18)11-7-16-17(9-11)8-10-6-12(15)4-5-13(10)19-2/h4-7,9H,3,8H2,1-2H3. The van der Waals surface area contributed by atoms with E-state index >= 15 is 0 Å². The molecule has 1 heterocycles. The van der Waals surface area contributed by atoms with Gasteiger partial charge >= 0.3 is 5.97 Å². The molecule has 0 N–H and O–H groups in total. The first kappa shape index (κ1) is 14.6. The Hall–Kier alpha value is -1.82. The Morgan fingerprint density at radius 2 is 2.25 bits per heavy atom. The van der Waals surface area contributed by atoms with Crippen molar-refractivity contribution >= 4 is 21.9 Å². The van der Waals surface area contributed by atoms with E-state index in [9.17, 15) is 4.79 Å². The number of carbonyl (C=O) groups is 1. The highest BCUT2D eigenvalue weighted by Gasteiger charge is 2.11. The van der Waals surface area contributed by atoms with Gasteiger partial charge in [0, 0.05) is 16.2 Å². The highest BCUT2D eigenvalue weighted by molar-refractivity contribution is 9.10. The number of halogens is 1. The molecule has 0 aliphatic heterocycles. The second-order valence-electron chi connectivity index (χ2n) is 4.10. The Bertz CT molecular complexity index is 610. The summed E-state index contributed by atoms with van der Waals surface area (Å²) < 4.78 is 12.9. The average Bonchev–Trinajstić information content (AvgIpc) is 2.88. The molecule has 106 valence electrons. The number of nitrogens with zero attached hydrogens (tertiary/aromatic N) is 2. The average molecular weight is 339 g/mol. The molecule has 0 bridgehead atoms. The number of rotatable bonds is 5. The van der Waals surface area contributed by atoms with Gasteiger partial charge in [-0.15, -0.1) is 0 Å². The van der Waals surface area contributed by atoms with Gasteiger partial charge in [0.1, 0.15) is 5.75 Å². The molecule has 1 aromatic heterocycles. The van der Waals surface area contributed by atoms with E-state index in [4.69, 9.17) is 9.47 Å². The van der Waals surface area contributed by atoms with Gasteiger partial charge in [-0.3, -0.25) is 4.68 Å². The predicted octanol–water partition coefficient (Wildman–Crippen LogP) is 2.88. The van der Waals surface area contributed by atoms with Gasteiger partial charge in [0.15, 0.2) is 0 Å². The number of methoxy groups -OCH3 is 1. The monoisotopic (exact) mass is 338 g/mol. The van der Waals surface area contributed by atoms with Crippen LogP contribution in [0, 0.1) is 0 Å². The molecule has 0 atom stereocenters. The van der Waals surface area contributed by atoms with Crippen LogP contribution in [-0.4, -0.2) is 29.5 Å². The molecule has 6 heteroatoms. The third-order valence-electron chi connectivity index (χ3n) is 2.72. The van der Waals surface area contributed by atoms with E-state index in [0.717, 1.165) is 15.8 Å². The molecule has 0 saturated heterocycles. The predicted molar refractivity (Wildman–Crippen MR) is 78.0 cm³/mol. The van der Waals surface area contributed by atoms with E-state index in [0.29, 0.717) is 18.7 Å². The van der Waals surface area contributed by atoms with Crippen molar-refractivity contribution in [1.82, 2.24) is 9.78 Å². The lowest BCUT2D eigenvalue weighted by molar-refractivity contribution is 0.0526. The van der Waals surface area contributed by atoms with Crippen molar-refractivity contribution in [2.45, 2.75) is 13.5 Å². The first-order valence-electron chi connectivity index (χ1n) is 6.16. The maximum absolute atomic E-state index is 11.6. The van der Waals surface area contributed by atoms with Crippen LogP contribution in [0.1, 0.15) is 22.8 Å². The van der Waals surface area contributed by atoms with Gasteiger partial charge in [0.2, 0.25) is 0 Å². The lowest BCUT2D eigenvalue weighted by Gasteiger charge is -2.09. The van der Waals surface area contributed by atoms with E-state index in [1.54, 1.807) is 24.9 Å². The van der Waals surface area contributed by atoms with Gasteiger partial charge in [-0.25, -0.2) is 4.79 Å². The molecule has 2 rings (SSSR count). The van der Waals surface area contributed by atoms with Crippen molar-refractivity contribution < 1.29 is 14.3 Å². The van der Waals surface area contributed by atoms with Crippen molar-refractivity contribution in [2.75, 3.05) is 13.7 Å². The van der Waals surface area contributed by atoms with E-state index in [2.05, 4.69) is 21.0 Å². The van der Waals surface area contributed by atoms with Crippen LogP contribution in [0.15, 0.2) is 35.1 Å². The van der Waals surface area contributed by atoms with Gasteiger partial charge in [0.05, 0.1) is 32.0 Å². The van der Waals surface area contributed by atoms with E-state index in [-0.39, 0.29) is 5.97 Å². The fraction of sp³-hybridized carbons (Fsp3) is 0.286. The molecule has 0 fully saturated rings. The van der Waals surface area contributed by atoms with E-state index < -0.39 is 0 Å². The maximum atomic E-state index is 11.6. The number of ether oxygens (including phenoxy) is 2. The van der Waals surface area contributed by atoms with Crippen LogP contribution >= 0.6 is 15.9 Å². The Morgan fingerprint density at radius 1 is 1.45 bits per heavy atom. The molecular weight excluding hydrogens is 324 g/mol. The first-order valence-corrected chi connectivity index (χ1v) is 6.95. The summed E-state index contributed by atoms with van der Waals surface area (Å²) in [4.78, 5) is 11.6. The van der Waals surface area contributed by atoms with Crippen molar-refractivity contribution in [3.8, 4) is 5.75 Å². The van der Waals surface area contributed by atoms with Gasteiger partial charge < -0.3 is 9.47 Å². The summed E-state index contributed by atoms with van der Waals surface area (Å²) in [6.45, 7) is 2.64. The second-order valence-corrected chi connectivity index (χ2v) is 5.02. The molecule has 5 nitrogen and oxygen atoms in total. The fourth-order valence-electron chi connectivity index (χ4n) is 1.82. The molecule has 0 aliphatic carbocycles. The normalized spacial score (nSPS) is 10.3. The smallest absolute Gasteiger partial charge is 0.341 e. The lowest BCUT2D eigenvalue weighted by atomic mass is 10.2. The van der Waals surface area contributed by atoms with Crippen molar-refractivity contribution in [2.24, 2.45) is 0 Å². The van der Waals surface area contributed by atoms with E-state index in [1.165, 1.54) is 6.20 Å². The summed E-state index contributed by atoms with van der Waals surface area (Å²) in [5, 5.41) is 4.16. The number of hydrogen-bond acceptors (Lipinski definition) is 4. The molecule has 0 saturated carbocycles. The Labute approximate surface area is 125 Å². The third-order valence-corrected chi connectivity index (χ3v) is 3.21. The summed E-state index contributed by atoms with van der Waals surface area (Å²) in [5.41, 5.74) is 1.42. The molecule has 0 spiro atoms. The molecule has 0 unspecified atom stereocenters. The first-order chi connectivity index (χ1) is 9.63.